The van der Waals surface area contributed by atoms with Crippen LogP contribution in [-0.2, 0) is 33.1 Å². The van der Waals surface area contributed by atoms with Gasteiger partial charge in [-0.05, 0) is 73.0 Å². The van der Waals surface area contributed by atoms with Gasteiger partial charge in [-0.1, -0.05) is 50.6 Å². The van der Waals surface area contributed by atoms with E-state index in [1.807, 2.05) is 5.38 Å². The fourth-order valence-corrected chi connectivity index (χ4v) is 6.65. The number of carbonyl (C=O) groups excluding carboxylic acids is 1. The second kappa shape index (κ2) is 14.4. The number of thiazole rings is 1. The Morgan fingerprint density at radius 2 is 1.71 bits per heavy atom. The second-order valence-corrected chi connectivity index (χ2v) is 14.9. The highest BCUT2D eigenvalue weighted by molar-refractivity contribution is 7.91. The molecular weight excluding hydrogens is 636 g/mol. The molecule has 1 N–H and O–H groups in total. The fraction of sp³-hybridized carbons (Fsp3) is 0.303. The van der Waals surface area contributed by atoms with Crippen molar-refractivity contribution >= 4 is 44.7 Å². The molecule has 4 aromatic rings. The van der Waals surface area contributed by atoms with Crippen molar-refractivity contribution < 1.29 is 32.6 Å². The van der Waals surface area contributed by atoms with Crippen molar-refractivity contribution in [2.75, 3.05) is 12.8 Å². The number of carbonyl (C=O) groups is 2. The van der Waals surface area contributed by atoms with Gasteiger partial charge in [-0.3, -0.25) is 9.69 Å². The molecule has 1 heterocycles. The van der Waals surface area contributed by atoms with Gasteiger partial charge in [0.05, 0.1) is 16.3 Å². The van der Waals surface area contributed by atoms with Gasteiger partial charge in [-0.25, -0.2) is 18.2 Å². The fourth-order valence-electron chi connectivity index (χ4n) is 4.28. The zero-order chi connectivity index (χ0) is 32.8. The summed E-state index contributed by atoms with van der Waals surface area (Å²) >= 11 is 7.35. The molecule has 0 bridgehead atoms. The average molecular weight is 671 g/mol. The molecule has 0 aliphatic heterocycles. The number of halogens is 1. The SMILES string of the molecule is CN(C(=O)c1cccc(OCc2nc(C(C)(C)C)cs2)c1)C(Oc1ccc(CCCS(=O)(=O)c2ccc(Cl)cc2)cc1)C(=O)O. The minimum atomic E-state index is -3.44. The Hall–Kier alpha value is -3.93. The van der Waals surface area contributed by atoms with Gasteiger partial charge in [0.1, 0.15) is 23.1 Å². The third-order valence-electron chi connectivity index (χ3n) is 6.87. The maximum absolute atomic E-state index is 13.3. The van der Waals surface area contributed by atoms with Gasteiger partial charge >= 0.3 is 5.97 Å². The summed E-state index contributed by atoms with van der Waals surface area (Å²) in [5.74, 6) is -1.24. The highest BCUT2D eigenvalue weighted by atomic mass is 35.5. The number of hydrogen-bond acceptors (Lipinski definition) is 8. The number of sulfone groups is 1. The summed E-state index contributed by atoms with van der Waals surface area (Å²) in [6, 6.07) is 19.2. The molecule has 4 rings (SSSR count). The first kappa shape index (κ1) is 34.0. The number of ether oxygens (including phenoxy) is 2. The van der Waals surface area contributed by atoms with Crippen LogP contribution in [0.2, 0.25) is 5.02 Å². The number of rotatable bonds is 13. The molecule has 1 atom stereocenters. The molecule has 0 radical (unpaired) electrons. The normalized spacial score (nSPS) is 12.4. The number of hydrogen-bond donors (Lipinski definition) is 1. The van der Waals surface area contributed by atoms with Gasteiger partial charge in [0.15, 0.2) is 9.84 Å². The number of aryl methyl sites for hydroxylation is 1. The molecule has 12 heteroatoms. The number of amides is 1. The van der Waals surface area contributed by atoms with Crippen LogP contribution in [0.1, 0.15) is 53.8 Å². The first-order valence-corrected chi connectivity index (χ1v) is 17.1. The Labute approximate surface area is 272 Å². The number of carboxylic acid groups (broad SMARTS) is 1. The summed E-state index contributed by atoms with van der Waals surface area (Å²) in [6.07, 6.45) is -0.708. The number of benzene rings is 3. The molecule has 3 aromatic carbocycles. The molecular formula is C33H35ClN2O7S2. The second-order valence-electron chi connectivity index (χ2n) is 11.4. The predicted octanol–water partition coefficient (Wildman–Crippen LogP) is 6.64. The largest absolute Gasteiger partial charge is 0.486 e. The van der Waals surface area contributed by atoms with Crippen LogP contribution >= 0.6 is 22.9 Å². The zero-order valence-corrected chi connectivity index (χ0v) is 27.8. The first-order valence-electron chi connectivity index (χ1n) is 14.1. The third kappa shape index (κ3) is 9.29. The minimum absolute atomic E-state index is 0.0316. The summed E-state index contributed by atoms with van der Waals surface area (Å²) < 4.78 is 36.7. The maximum Gasteiger partial charge on any atom is 0.366 e. The Kier molecular flexibility index (Phi) is 10.9. The summed E-state index contributed by atoms with van der Waals surface area (Å²) in [4.78, 5) is 31.2. The first-order chi connectivity index (χ1) is 21.2. The zero-order valence-electron chi connectivity index (χ0n) is 25.4. The van der Waals surface area contributed by atoms with Crippen molar-refractivity contribution in [3.8, 4) is 11.5 Å². The summed E-state index contributed by atoms with van der Waals surface area (Å²) in [5, 5.41) is 13.1. The number of aliphatic carboxylic acids is 1. The van der Waals surface area contributed by atoms with Crippen molar-refractivity contribution in [2.45, 2.75) is 56.8 Å². The summed E-state index contributed by atoms with van der Waals surface area (Å²) in [7, 11) is -2.09. The van der Waals surface area contributed by atoms with Crippen molar-refractivity contribution in [2.24, 2.45) is 0 Å². The molecule has 9 nitrogen and oxygen atoms in total. The van der Waals surface area contributed by atoms with E-state index in [0.29, 0.717) is 23.6 Å². The molecule has 1 amide bonds. The van der Waals surface area contributed by atoms with Crippen LogP contribution in [0.3, 0.4) is 0 Å². The molecule has 0 aliphatic carbocycles. The monoisotopic (exact) mass is 670 g/mol. The lowest BCUT2D eigenvalue weighted by Gasteiger charge is -2.25. The van der Waals surface area contributed by atoms with Gasteiger partial charge in [0.2, 0.25) is 0 Å². The van der Waals surface area contributed by atoms with E-state index in [0.717, 1.165) is 21.2 Å². The van der Waals surface area contributed by atoms with E-state index in [1.54, 1.807) is 60.7 Å². The lowest BCUT2D eigenvalue weighted by molar-refractivity contribution is -0.151. The molecule has 0 spiro atoms. The molecule has 0 saturated carbocycles. The van der Waals surface area contributed by atoms with E-state index in [1.165, 1.54) is 30.5 Å². The highest BCUT2D eigenvalue weighted by Gasteiger charge is 2.29. The number of likely N-dealkylation sites (N-methyl/N-ethyl adjacent to an activating group) is 1. The minimum Gasteiger partial charge on any atom is -0.486 e. The van der Waals surface area contributed by atoms with Gasteiger partial charge in [0, 0.05) is 28.4 Å². The van der Waals surface area contributed by atoms with Crippen LogP contribution in [0.25, 0.3) is 0 Å². The van der Waals surface area contributed by atoms with E-state index in [9.17, 15) is 23.1 Å². The molecule has 0 saturated heterocycles. The molecule has 238 valence electrons. The molecule has 1 unspecified atom stereocenters. The predicted molar refractivity (Wildman–Crippen MR) is 174 cm³/mol. The molecule has 1 aromatic heterocycles. The molecule has 0 aliphatic rings. The van der Waals surface area contributed by atoms with Crippen LogP contribution in [-0.4, -0.2) is 54.3 Å². The van der Waals surface area contributed by atoms with Gasteiger partial charge < -0.3 is 14.6 Å². The van der Waals surface area contributed by atoms with Crippen LogP contribution in [0, 0.1) is 0 Å². The Morgan fingerprint density at radius 3 is 2.33 bits per heavy atom. The van der Waals surface area contributed by atoms with Gasteiger partial charge in [-0.2, -0.15) is 0 Å². The third-order valence-corrected chi connectivity index (χ3v) is 9.76. The van der Waals surface area contributed by atoms with E-state index in [-0.39, 0.29) is 34.0 Å². The van der Waals surface area contributed by atoms with E-state index < -0.39 is 27.9 Å². The number of carboxylic acids is 1. The van der Waals surface area contributed by atoms with Crippen LogP contribution in [0.4, 0.5) is 0 Å². The van der Waals surface area contributed by atoms with Crippen molar-refractivity contribution in [1.29, 1.82) is 0 Å². The van der Waals surface area contributed by atoms with E-state index in [2.05, 4.69) is 25.8 Å². The lowest BCUT2D eigenvalue weighted by Crippen LogP contribution is -2.46. The quantitative estimate of drug-likeness (QED) is 0.157. The van der Waals surface area contributed by atoms with Crippen molar-refractivity contribution in [3.63, 3.8) is 0 Å². The summed E-state index contributed by atoms with van der Waals surface area (Å²) in [5.41, 5.74) is 2.00. The van der Waals surface area contributed by atoms with Crippen molar-refractivity contribution in [3.05, 3.63) is 105 Å². The van der Waals surface area contributed by atoms with Crippen molar-refractivity contribution in [1.82, 2.24) is 9.88 Å². The smallest absolute Gasteiger partial charge is 0.366 e. The standard InChI is InChI=1S/C33H35ClN2O7S2/c1-33(2,3)28-21-44-29(35-28)20-42-26-9-5-8-23(19-26)30(37)36(4)31(32(38)39)43-25-14-10-22(11-15-25)7-6-18-45(40,41)27-16-12-24(34)13-17-27/h5,8-17,19,21,31H,6-7,18,20H2,1-4H3,(H,38,39). The number of nitrogens with zero attached hydrogens (tertiary/aromatic N) is 2. The number of aromatic nitrogens is 1. The highest BCUT2D eigenvalue weighted by Crippen LogP contribution is 2.25. The van der Waals surface area contributed by atoms with E-state index in [4.69, 9.17) is 21.1 Å². The van der Waals surface area contributed by atoms with E-state index >= 15 is 0 Å². The molecule has 45 heavy (non-hydrogen) atoms. The lowest BCUT2D eigenvalue weighted by atomic mass is 9.93. The van der Waals surface area contributed by atoms with Gasteiger partial charge in [0.25, 0.3) is 12.1 Å². The maximum atomic E-state index is 13.3. The Bertz CT molecular complexity index is 1730. The van der Waals surface area contributed by atoms with Crippen LogP contribution in [0.5, 0.6) is 11.5 Å². The molecule has 0 fully saturated rings. The van der Waals surface area contributed by atoms with Crippen LogP contribution in [0.15, 0.2) is 83.1 Å². The Balaban J connectivity index is 1.34. The topological polar surface area (TPSA) is 123 Å². The van der Waals surface area contributed by atoms with Gasteiger partial charge in [-0.15, -0.1) is 11.3 Å². The average Bonchev–Trinajstić information content (AvgIpc) is 3.49. The summed E-state index contributed by atoms with van der Waals surface area (Å²) in [6.45, 7) is 6.50. The van der Waals surface area contributed by atoms with Crippen LogP contribution < -0.4 is 9.47 Å². The Morgan fingerprint density at radius 1 is 1.02 bits per heavy atom.